The molecule has 0 aliphatic heterocycles. The smallest absolute Gasteiger partial charge is 0.138 e. The van der Waals surface area contributed by atoms with Crippen molar-refractivity contribution in [1.82, 2.24) is 0 Å². The number of halogens is 1. The van der Waals surface area contributed by atoms with Crippen molar-refractivity contribution in [2.24, 2.45) is 5.73 Å². The van der Waals surface area contributed by atoms with E-state index < -0.39 is 0 Å². The van der Waals surface area contributed by atoms with Crippen LogP contribution >= 0.6 is 11.8 Å². The maximum absolute atomic E-state index is 14.1. The highest BCUT2D eigenvalue weighted by Crippen LogP contribution is 2.22. The van der Waals surface area contributed by atoms with Crippen LogP contribution in [-0.2, 0) is 11.5 Å². The number of amidine groups is 1. The van der Waals surface area contributed by atoms with Crippen LogP contribution in [0.5, 0.6) is 0 Å². The third-order valence-electron chi connectivity index (χ3n) is 3.18. The Bertz CT molecular complexity index is 648. The summed E-state index contributed by atoms with van der Waals surface area (Å²) in [4.78, 5) is 0. The molecule has 2 aromatic rings. The molecule has 0 heterocycles. The zero-order valence-electron chi connectivity index (χ0n) is 12.2. The molecule has 110 valence electrons. The molecule has 3 N–H and O–H groups in total. The van der Waals surface area contributed by atoms with Crippen molar-refractivity contribution in [2.45, 2.75) is 25.4 Å². The molecule has 0 bridgehead atoms. The van der Waals surface area contributed by atoms with Crippen molar-refractivity contribution < 1.29 is 4.39 Å². The highest BCUT2D eigenvalue weighted by Gasteiger charge is 2.10. The minimum atomic E-state index is -0.377. The Labute approximate surface area is 129 Å². The summed E-state index contributed by atoms with van der Waals surface area (Å²) >= 11 is 1.66. The van der Waals surface area contributed by atoms with Crippen LogP contribution in [0.2, 0.25) is 0 Å². The Kier molecular flexibility index (Phi) is 5.02. The lowest BCUT2D eigenvalue weighted by atomic mass is 10.1. The number of hydrogen-bond acceptors (Lipinski definition) is 2. The number of rotatable bonds is 5. The molecule has 0 radical (unpaired) electrons. The summed E-state index contributed by atoms with van der Waals surface area (Å²) in [6.45, 7) is 4.16. The standard InChI is InChI=1S/C17H19FN2S/c1-11-6-12(2)8-13(7-11)9-21-10-14-4-3-5-15(16(14)18)17(19)20/h3-8H,9-10H2,1-2H3,(H3,19,20). The zero-order valence-corrected chi connectivity index (χ0v) is 13.1. The summed E-state index contributed by atoms with van der Waals surface area (Å²) in [6.07, 6.45) is 0. The van der Waals surface area contributed by atoms with E-state index in [1.165, 1.54) is 22.8 Å². The molecule has 0 saturated heterocycles. The lowest BCUT2D eigenvalue weighted by Gasteiger charge is -2.08. The maximum Gasteiger partial charge on any atom is 0.138 e. The van der Waals surface area contributed by atoms with E-state index in [0.29, 0.717) is 11.3 Å². The Morgan fingerprint density at radius 2 is 1.81 bits per heavy atom. The molecule has 0 aliphatic rings. The molecule has 2 nitrogen and oxygen atoms in total. The summed E-state index contributed by atoms with van der Waals surface area (Å²) in [7, 11) is 0. The SMILES string of the molecule is Cc1cc(C)cc(CSCc2cccc(C(=N)N)c2F)c1. The van der Waals surface area contributed by atoms with Crippen molar-refractivity contribution in [3.63, 3.8) is 0 Å². The summed E-state index contributed by atoms with van der Waals surface area (Å²) in [5.74, 6) is 0.804. The predicted molar refractivity (Wildman–Crippen MR) is 88.3 cm³/mol. The molecule has 0 atom stereocenters. The first-order chi connectivity index (χ1) is 9.97. The highest BCUT2D eigenvalue weighted by molar-refractivity contribution is 7.97. The van der Waals surface area contributed by atoms with E-state index >= 15 is 0 Å². The Hall–Kier alpha value is -1.81. The average Bonchev–Trinajstić information content (AvgIpc) is 2.39. The molecule has 0 saturated carbocycles. The van der Waals surface area contributed by atoms with E-state index in [9.17, 15) is 4.39 Å². The molecule has 0 spiro atoms. The third-order valence-corrected chi connectivity index (χ3v) is 4.23. The van der Waals surface area contributed by atoms with Gasteiger partial charge in [-0.3, -0.25) is 5.41 Å². The van der Waals surface area contributed by atoms with Crippen LogP contribution < -0.4 is 5.73 Å². The van der Waals surface area contributed by atoms with E-state index in [4.69, 9.17) is 11.1 Å². The van der Waals surface area contributed by atoms with Crippen LogP contribution in [-0.4, -0.2) is 5.84 Å². The van der Waals surface area contributed by atoms with Gasteiger partial charge in [0.15, 0.2) is 0 Å². The van der Waals surface area contributed by atoms with Crippen molar-refractivity contribution >= 4 is 17.6 Å². The first-order valence-electron chi connectivity index (χ1n) is 6.74. The second-order valence-corrected chi connectivity index (χ2v) is 6.17. The molecule has 21 heavy (non-hydrogen) atoms. The second-order valence-electron chi connectivity index (χ2n) is 5.18. The fraction of sp³-hybridized carbons (Fsp3) is 0.235. The highest BCUT2D eigenvalue weighted by atomic mass is 32.2. The van der Waals surface area contributed by atoms with Crippen LogP contribution in [0.1, 0.15) is 27.8 Å². The third kappa shape index (κ3) is 4.08. The Balaban J connectivity index is 2.04. The normalized spacial score (nSPS) is 10.6. The van der Waals surface area contributed by atoms with E-state index in [-0.39, 0.29) is 17.2 Å². The van der Waals surface area contributed by atoms with Crippen LogP contribution in [0.3, 0.4) is 0 Å². The largest absolute Gasteiger partial charge is 0.384 e. The molecule has 0 aliphatic carbocycles. The van der Waals surface area contributed by atoms with E-state index in [0.717, 1.165) is 5.75 Å². The number of nitrogens with one attached hydrogen (secondary N) is 1. The van der Waals surface area contributed by atoms with Crippen LogP contribution in [0, 0.1) is 25.1 Å². The zero-order chi connectivity index (χ0) is 15.4. The molecule has 2 rings (SSSR count). The van der Waals surface area contributed by atoms with E-state index in [1.807, 2.05) is 0 Å². The van der Waals surface area contributed by atoms with Gasteiger partial charge in [0.25, 0.3) is 0 Å². The van der Waals surface area contributed by atoms with Crippen LogP contribution in [0.15, 0.2) is 36.4 Å². The lowest BCUT2D eigenvalue weighted by Crippen LogP contribution is -2.14. The van der Waals surface area contributed by atoms with Gasteiger partial charge in [-0.05, 0) is 31.0 Å². The fourth-order valence-electron chi connectivity index (χ4n) is 2.33. The average molecular weight is 302 g/mol. The van der Waals surface area contributed by atoms with Crippen molar-refractivity contribution in [3.05, 3.63) is 70.0 Å². The van der Waals surface area contributed by atoms with Gasteiger partial charge < -0.3 is 5.73 Å². The van der Waals surface area contributed by atoms with E-state index in [2.05, 4.69) is 32.0 Å². The first kappa shape index (κ1) is 15.6. The topological polar surface area (TPSA) is 49.9 Å². The number of thioether (sulfide) groups is 1. The van der Waals surface area contributed by atoms with Gasteiger partial charge in [0.05, 0.1) is 5.56 Å². The minimum absolute atomic E-state index is 0.180. The first-order valence-corrected chi connectivity index (χ1v) is 7.89. The molecule has 0 amide bonds. The summed E-state index contributed by atoms with van der Waals surface area (Å²) < 4.78 is 14.1. The van der Waals surface area contributed by atoms with E-state index in [1.54, 1.807) is 23.9 Å². The molecule has 0 unspecified atom stereocenters. The van der Waals surface area contributed by atoms with Gasteiger partial charge in [-0.15, -0.1) is 0 Å². The molecule has 4 heteroatoms. The molecular weight excluding hydrogens is 283 g/mol. The predicted octanol–water partition coefficient (Wildman–Crippen LogP) is 4.16. The van der Waals surface area contributed by atoms with Gasteiger partial charge in [-0.2, -0.15) is 11.8 Å². The molecule has 2 aromatic carbocycles. The second kappa shape index (κ2) is 6.76. The van der Waals surface area contributed by atoms with Gasteiger partial charge in [0.1, 0.15) is 11.7 Å². The summed E-state index contributed by atoms with van der Waals surface area (Å²) in [6, 6.07) is 11.5. The molecule has 0 aromatic heterocycles. The summed E-state index contributed by atoms with van der Waals surface area (Å²) in [5, 5.41) is 7.36. The lowest BCUT2D eigenvalue weighted by molar-refractivity contribution is 0.614. The van der Waals surface area contributed by atoms with Gasteiger partial charge in [0.2, 0.25) is 0 Å². The Morgan fingerprint density at radius 3 is 2.43 bits per heavy atom. The quantitative estimate of drug-likeness (QED) is 0.643. The maximum atomic E-state index is 14.1. The monoisotopic (exact) mass is 302 g/mol. The molecule has 0 fully saturated rings. The van der Waals surface area contributed by atoms with Crippen LogP contribution in [0.25, 0.3) is 0 Å². The van der Waals surface area contributed by atoms with Gasteiger partial charge in [-0.1, -0.05) is 41.5 Å². The van der Waals surface area contributed by atoms with Crippen molar-refractivity contribution in [1.29, 1.82) is 5.41 Å². The van der Waals surface area contributed by atoms with Crippen LogP contribution in [0.4, 0.5) is 4.39 Å². The summed E-state index contributed by atoms with van der Waals surface area (Å²) in [5.41, 5.74) is 9.89. The minimum Gasteiger partial charge on any atom is -0.384 e. The number of nitrogens with two attached hydrogens (primary N) is 1. The van der Waals surface area contributed by atoms with Gasteiger partial charge >= 0.3 is 0 Å². The van der Waals surface area contributed by atoms with Gasteiger partial charge in [-0.25, -0.2) is 4.39 Å². The van der Waals surface area contributed by atoms with Crippen molar-refractivity contribution in [2.75, 3.05) is 0 Å². The Morgan fingerprint density at radius 1 is 1.14 bits per heavy atom. The number of nitrogen functional groups attached to an aromatic ring is 1. The van der Waals surface area contributed by atoms with Gasteiger partial charge in [0, 0.05) is 11.5 Å². The number of benzene rings is 2. The number of aryl methyl sites for hydroxylation is 2. The molecular formula is C17H19FN2S. The van der Waals surface area contributed by atoms with Crippen molar-refractivity contribution in [3.8, 4) is 0 Å². The fourth-order valence-corrected chi connectivity index (χ4v) is 3.28. The number of hydrogen-bond donors (Lipinski definition) is 2.